The fourth-order valence-corrected chi connectivity index (χ4v) is 13.6. The van der Waals surface area contributed by atoms with Gasteiger partial charge in [0.05, 0.1) is 28.4 Å². The number of nitrogens with zero attached hydrogens (tertiary/aromatic N) is 12. The fourth-order valence-electron chi connectivity index (χ4n) is 13.6. The number of rotatable bonds is 18. The maximum absolute atomic E-state index is 14.1. The molecule has 652 valence electrons. The van der Waals surface area contributed by atoms with E-state index in [2.05, 4.69) is 50.4 Å². The number of aromatic nitrogens is 12. The maximum atomic E-state index is 14.1. The van der Waals surface area contributed by atoms with Crippen LogP contribution in [0.25, 0.3) is 61.9 Å². The summed E-state index contributed by atoms with van der Waals surface area (Å²) in [6, 6.07) is 61.2. The lowest BCUT2D eigenvalue weighted by atomic mass is 9.77. The molecule has 1 aliphatic rings. The first kappa shape index (κ1) is 90.6. The summed E-state index contributed by atoms with van der Waals surface area (Å²) in [7, 11) is 0.574. The zero-order valence-corrected chi connectivity index (χ0v) is 72.2. The number of carbonyl (C=O) groups is 3. The highest BCUT2D eigenvalue weighted by atomic mass is 16.6. The molecule has 0 unspecified atom stereocenters. The van der Waals surface area contributed by atoms with E-state index < -0.39 is 47.9 Å². The van der Waals surface area contributed by atoms with E-state index in [1.807, 2.05) is 182 Å². The van der Waals surface area contributed by atoms with Crippen LogP contribution in [-0.2, 0) is 14.3 Å². The molecule has 2 amide bonds. The van der Waals surface area contributed by atoms with Crippen LogP contribution in [0.5, 0.6) is 34.5 Å². The maximum Gasteiger partial charge on any atom is 0.488 e. The highest BCUT2D eigenvalue weighted by molar-refractivity contribution is 6.59. The van der Waals surface area contributed by atoms with Gasteiger partial charge in [-0.1, -0.05) is 66.7 Å². The highest BCUT2D eigenvalue weighted by Gasteiger charge is 2.28. The molecule has 14 N–H and O–H groups in total. The normalized spacial score (nSPS) is 11.7. The number of para-hydroxylation sites is 3. The number of fused-ring (bicyclic) bond motifs is 3. The van der Waals surface area contributed by atoms with Gasteiger partial charge in [-0.15, -0.1) is 0 Å². The Morgan fingerprint density at radius 1 is 0.480 bits per heavy atom. The third kappa shape index (κ3) is 23.2. The zero-order valence-electron chi connectivity index (χ0n) is 72.2. The van der Waals surface area contributed by atoms with Crippen molar-refractivity contribution < 1.29 is 53.2 Å². The summed E-state index contributed by atoms with van der Waals surface area (Å²) in [5.74, 6) is 3.84. The van der Waals surface area contributed by atoms with Crippen LogP contribution in [0.1, 0.15) is 87.8 Å². The van der Waals surface area contributed by atoms with Crippen LogP contribution >= 0.6 is 0 Å². The Morgan fingerprint density at radius 2 is 0.874 bits per heavy atom. The first-order chi connectivity index (χ1) is 60.4. The first-order valence-electron chi connectivity index (χ1n) is 40.2. The summed E-state index contributed by atoms with van der Waals surface area (Å²) in [6.07, 6.45) is 8.18. The summed E-state index contributed by atoms with van der Waals surface area (Å²) in [4.78, 5) is 105. The van der Waals surface area contributed by atoms with Crippen molar-refractivity contribution in [3.63, 3.8) is 0 Å². The quantitative estimate of drug-likeness (QED) is 0.0217. The highest BCUT2D eigenvalue weighted by Crippen LogP contribution is 2.34. The van der Waals surface area contributed by atoms with Gasteiger partial charge >= 0.3 is 42.3 Å². The van der Waals surface area contributed by atoms with Gasteiger partial charge in [-0.2, -0.15) is 0 Å². The second-order valence-corrected chi connectivity index (χ2v) is 31.9. The molecule has 0 atom stereocenters. The average Bonchev–Trinajstić information content (AvgIpc) is 1.59. The van der Waals surface area contributed by atoms with E-state index in [9.17, 15) is 28.8 Å². The van der Waals surface area contributed by atoms with Crippen LogP contribution in [0.3, 0.4) is 0 Å². The lowest BCUT2D eigenvalue weighted by Gasteiger charge is -2.20. The van der Waals surface area contributed by atoms with Gasteiger partial charge in [0.25, 0.3) is 0 Å². The predicted octanol–water partition coefficient (Wildman–Crippen LogP) is 14.6. The number of carboxylic acid groups (broad SMARTS) is 1. The topological polar surface area (TPSA) is 458 Å². The van der Waals surface area contributed by atoms with Crippen molar-refractivity contribution in [1.29, 1.82) is 0 Å². The summed E-state index contributed by atoms with van der Waals surface area (Å²) in [5.41, 5.74) is 34.2. The Kier molecular flexibility index (Phi) is 28.0. The summed E-state index contributed by atoms with van der Waals surface area (Å²) in [5, 5.41) is 31.9. The number of amides is 2. The SMILES string of the molecule is CN(C/C=C/C(=O)O)C1CC1.Cc1cc(N)cc(-n2c(=O)n(-c3ccc(Oc4ccccc4)cc3C)c3c(N)ncnc32)c1.Cc1cc(NC(=O)OC(C)(C)C)cc(-n2c(=O)[nH]c3c(N)ncnc32)c1.Cc1cc(NC(=O)OC(C)(C)C)cc(-n2c(=O)n(-c3ccc(Oc4ccccc4)cc3C)c3c(N)ncnc32)c1.Cc1cc(Oc2ccccc2)ccc1B(O)O. The minimum Gasteiger partial charge on any atom is -0.478 e. The van der Waals surface area contributed by atoms with E-state index in [4.69, 9.17) is 61.8 Å². The molecular weight excluding hydrogens is 1620 g/mol. The minimum atomic E-state index is -1.44. The number of aryl methyl sites for hydroxylation is 6. The smallest absolute Gasteiger partial charge is 0.478 e. The number of hydrogen-bond acceptors (Lipinski definition) is 24. The number of ether oxygens (including phenoxy) is 5. The molecule has 0 spiro atoms. The molecular formula is C93H98BN19O14. The fraction of sp³-hybridized carbons (Fsp3) is 0.204. The lowest BCUT2D eigenvalue weighted by molar-refractivity contribution is -0.131. The van der Waals surface area contributed by atoms with Crippen molar-refractivity contribution in [1.82, 2.24) is 62.6 Å². The lowest BCUT2D eigenvalue weighted by Crippen LogP contribution is -2.31. The van der Waals surface area contributed by atoms with E-state index in [0.29, 0.717) is 113 Å². The van der Waals surface area contributed by atoms with E-state index in [1.54, 1.807) is 114 Å². The van der Waals surface area contributed by atoms with E-state index in [1.165, 1.54) is 60.7 Å². The predicted molar refractivity (Wildman–Crippen MR) is 492 cm³/mol. The standard InChI is InChI=1S/C30H30N6O4.C25H22N6O2.C17H20N6O3.C13H13BO3.C8H13NO2/c1-18-13-20(34-28(37)40-30(3,4)5)16-21(14-18)35-27-25(26(31)32-17-33-27)36(29(35)38)24-12-11-23(15-19(24)2)39-22-9-7-6-8-10-22;1-15-10-17(26)13-18(11-15)30-24-22(23(27)28-14-29-24)31(25(30)32)21-9-8-20(12-16(21)2)33-19-6-4-3-5-7-19;1-9-5-10(21-16(25)26-17(2,3)4)7-11(6-9)23-14-12(22-15(23)24)13(18)19-8-20-14;1-10-9-12(7-8-13(10)14(15)16)17-11-5-3-2-4-6-11;1-9(7-4-5-7)6-2-3-8(10)11/h6-17H,1-5H3,(H,34,37)(H2,31,32,33);3-14H,26H2,1-2H3,(H2,27,28,29);5-8H,1-4H3,(H,21,25)(H,22,24)(H2,18,19,20);2-9,15-16H,1H3;2-3,7H,4-6H2,1H3,(H,10,11)/b;;;;3-2+. The van der Waals surface area contributed by atoms with Crippen LogP contribution in [0, 0.1) is 41.5 Å². The Bertz CT molecular complexity index is 6730. The molecule has 127 heavy (non-hydrogen) atoms. The number of aromatic amines is 1. The van der Waals surface area contributed by atoms with Crippen molar-refractivity contribution in [3.8, 4) is 62.9 Å². The minimum absolute atomic E-state index is 0.157. The largest absolute Gasteiger partial charge is 0.488 e. The average molecular weight is 1720 g/mol. The molecule has 33 nitrogen and oxygen atoms in total. The van der Waals surface area contributed by atoms with Gasteiger partial charge in [0.1, 0.15) is 81.2 Å². The number of benzene rings is 9. The number of carbonyl (C=O) groups excluding carboxylic acids is 2. The molecule has 1 saturated carbocycles. The number of nitrogens with one attached hydrogen (secondary N) is 3. The van der Waals surface area contributed by atoms with Gasteiger partial charge < -0.3 is 66.8 Å². The first-order valence-corrected chi connectivity index (χ1v) is 40.2. The van der Waals surface area contributed by atoms with Gasteiger partial charge in [0, 0.05) is 35.7 Å². The number of nitrogen functional groups attached to an aromatic ring is 4. The van der Waals surface area contributed by atoms with Gasteiger partial charge in [-0.05, 0) is 281 Å². The third-order valence-electron chi connectivity index (χ3n) is 19.2. The summed E-state index contributed by atoms with van der Waals surface area (Å²) < 4.78 is 35.5. The van der Waals surface area contributed by atoms with Crippen LogP contribution in [0.4, 0.5) is 44.1 Å². The molecule has 6 aromatic heterocycles. The van der Waals surface area contributed by atoms with Crippen LogP contribution in [0.15, 0.2) is 246 Å². The number of likely N-dealkylation sites (N-methyl/N-ethyl adjacent to an activating group) is 1. The molecule has 9 aromatic carbocycles. The Hall–Kier alpha value is -15.7. The van der Waals surface area contributed by atoms with Gasteiger partial charge in [0.15, 0.2) is 34.4 Å². The van der Waals surface area contributed by atoms with E-state index in [-0.39, 0.29) is 23.1 Å². The van der Waals surface area contributed by atoms with Crippen LogP contribution < -0.4 is 70.3 Å². The number of anilines is 6. The number of nitrogens with two attached hydrogens (primary N) is 4. The molecule has 1 fully saturated rings. The van der Waals surface area contributed by atoms with Crippen LogP contribution in [0.2, 0.25) is 0 Å². The number of carboxylic acids is 1. The monoisotopic (exact) mass is 1720 g/mol. The van der Waals surface area contributed by atoms with Crippen LogP contribution in [-0.4, -0.2) is 134 Å². The molecule has 0 saturated heterocycles. The molecule has 15 aromatic rings. The second-order valence-electron chi connectivity index (χ2n) is 31.9. The Labute approximate surface area is 730 Å². The molecule has 0 radical (unpaired) electrons. The number of imidazole rings is 3. The number of aliphatic carboxylic acids is 1. The number of H-pyrrole nitrogens is 1. The Morgan fingerprint density at radius 3 is 1.27 bits per heavy atom. The Balaban J connectivity index is 0.000000152. The zero-order chi connectivity index (χ0) is 91.3. The number of hydrogen-bond donors (Lipinski definition) is 10. The van der Waals surface area contributed by atoms with Crippen molar-refractivity contribution in [2.75, 3.05) is 47.2 Å². The van der Waals surface area contributed by atoms with Crippen molar-refractivity contribution in [3.05, 3.63) is 296 Å². The molecule has 16 rings (SSSR count). The van der Waals surface area contributed by atoms with Crippen molar-refractivity contribution in [2.45, 2.75) is 113 Å². The summed E-state index contributed by atoms with van der Waals surface area (Å²) >= 11 is 0. The molecule has 0 aliphatic heterocycles. The summed E-state index contributed by atoms with van der Waals surface area (Å²) in [6.45, 7) is 22.7. The molecule has 0 bridgehead atoms. The van der Waals surface area contributed by atoms with Crippen molar-refractivity contribution >= 4 is 98.7 Å². The third-order valence-corrected chi connectivity index (χ3v) is 19.2. The molecule has 34 heteroatoms. The molecule has 6 heterocycles. The van der Waals surface area contributed by atoms with E-state index >= 15 is 0 Å². The van der Waals surface area contributed by atoms with Gasteiger partial charge in [-0.3, -0.25) is 24.7 Å². The second kappa shape index (κ2) is 39.2. The van der Waals surface area contributed by atoms with Gasteiger partial charge in [-0.25, -0.2) is 72.4 Å². The van der Waals surface area contributed by atoms with Gasteiger partial charge in [0.2, 0.25) is 0 Å². The van der Waals surface area contributed by atoms with Crippen molar-refractivity contribution in [2.24, 2.45) is 0 Å². The molecule has 1 aliphatic carbocycles. The van der Waals surface area contributed by atoms with E-state index in [0.717, 1.165) is 51.4 Å².